The van der Waals surface area contributed by atoms with Gasteiger partial charge in [-0.3, -0.25) is 0 Å². The van der Waals surface area contributed by atoms with Gasteiger partial charge in [-0.05, 0) is 30.1 Å². The Morgan fingerprint density at radius 2 is 2.31 bits per heavy atom. The van der Waals surface area contributed by atoms with Crippen molar-refractivity contribution in [3.63, 3.8) is 0 Å². The van der Waals surface area contributed by atoms with Crippen LogP contribution in [-0.4, -0.2) is 12.1 Å². The summed E-state index contributed by atoms with van der Waals surface area (Å²) in [6.07, 6.45) is -0.229. The normalized spacial score (nSPS) is 20.5. The second kappa shape index (κ2) is 2.72. The van der Waals surface area contributed by atoms with Crippen LogP contribution in [0.25, 0.3) is 0 Å². The van der Waals surface area contributed by atoms with Gasteiger partial charge in [0.15, 0.2) is 0 Å². The van der Waals surface area contributed by atoms with Crippen LogP contribution < -0.4 is 11.2 Å². The van der Waals surface area contributed by atoms with Crippen LogP contribution in [0.3, 0.4) is 0 Å². The molecular formula is C8H9BFNO2. The van der Waals surface area contributed by atoms with Gasteiger partial charge < -0.3 is 15.4 Å². The second-order valence-electron chi connectivity index (χ2n) is 3.13. The molecule has 0 saturated carbocycles. The summed E-state index contributed by atoms with van der Waals surface area (Å²) in [5, 5.41) is 9.34. The summed E-state index contributed by atoms with van der Waals surface area (Å²) < 4.78 is 18.1. The Bertz CT molecular complexity index is 325. The van der Waals surface area contributed by atoms with Gasteiger partial charge in [0.2, 0.25) is 0 Å². The number of nitrogens with two attached hydrogens (primary N) is 1. The highest BCUT2D eigenvalue weighted by molar-refractivity contribution is 6.61. The molecule has 1 atom stereocenters. The van der Waals surface area contributed by atoms with Crippen molar-refractivity contribution in [2.45, 2.75) is 13.0 Å². The molecule has 0 spiro atoms. The van der Waals surface area contributed by atoms with Crippen molar-refractivity contribution in [1.29, 1.82) is 0 Å². The van der Waals surface area contributed by atoms with Crippen molar-refractivity contribution in [1.82, 2.24) is 0 Å². The fourth-order valence-corrected chi connectivity index (χ4v) is 1.53. The van der Waals surface area contributed by atoms with Crippen LogP contribution in [0.5, 0.6) is 0 Å². The van der Waals surface area contributed by atoms with Crippen LogP contribution in [-0.2, 0) is 4.65 Å². The first kappa shape index (κ1) is 8.53. The Morgan fingerprint density at radius 1 is 1.62 bits per heavy atom. The molecule has 0 amide bonds. The van der Waals surface area contributed by atoms with Gasteiger partial charge in [0.05, 0.1) is 11.8 Å². The van der Waals surface area contributed by atoms with E-state index >= 15 is 0 Å². The molecule has 3 nitrogen and oxygen atoms in total. The molecule has 68 valence electrons. The first-order valence-electron chi connectivity index (χ1n) is 4.02. The summed E-state index contributed by atoms with van der Waals surface area (Å²) in [4.78, 5) is 0. The van der Waals surface area contributed by atoms with E-state index in [1.165, 1.54) is 12.1 Å². The highest BCUT2D eigenvalue weighted by Gasteiger charge is 2.33. The third-order valence-electron chi connectivity index (χ3n) is 2.24. The molecule has 0 aromatic heterocycles. The predicted molar refractivity (Wildman–Crippen MR) is 47.9 cm³/mol. The number of benzene rings is 1. The van der Waals surface area contributed by atoms with Gasteiger partial charge >= 0.3 is 7.12 Å². The zero-order valence-corrected chi connectivity index (χ0v) is 7.12. The fourth-order valence-electron chi connectivity index (χ4n) is 1.53. The van der Waals surface area contributed by atoms with E-state index < -0.39 is 12.9 Å². The molecule has 0 bridgehead atoms. The molecule has 13 heavy (non-hydrogen) atoms. The summed E-state index contributed by atoms with van der Waals surface area (Å²) in [5.74, 6) is -0.518. The van der Waals surface area contributed by atoms with Crippen molar-refractivity contribution in [2.24, 2.45) is 0 Å². The number of hydrogen-bond donors (Lipinski definition) is 2. The molecule has 5 heteroatoms. The average molecular weight is 181 g/mol. The Kier molecular flexibility index (Phi) is 1.78. The van der Waals surface area contributed by atoms with Gasteiger partial charge in [-0.15, -0.1) is 0 Å². The third kappa shape index (κ3) is 1.20. The number of hydrogen-bond acceptors (Lipinski definition) is 3. The van der Waals surface area contributed by atoms with Gasteiger partial charge in [0.25, 0.3) is 0 Å². The fraction of sp³-hybridized carbons (Fsp3) is 0.250. The summed E-state index contributed by atoms with van der Waals surface area (Å²) in [5.41, 5.74) is 6.70. The summed E-state index contributed by atoms with van der Waals surface area (Å²) in [6, 6.07) is 2.73. The van der Waals surface area contributed by atoms with E-state index in [9.17, 15) is 9.41 Å². The van der Waals surface area contributed by atoms with E-state index in [0.29, 0.717) is 5.46 Å². The Labute approximate surface area is 75.5 Å². The van der Waals surface area contributed by atoms with Crippen molar-refractivity contribution in [3.05, 3.63) is 23.5 Å². The molecule has 1 aliphatic rings. The van der Waals surface area contributed by atoms with E-state index in [2.05, 4.69) is 0 Å². The first-order valence-corrected chi connectivity index (χ1v) is 4.02. The highest BCUT2D eigenvalue weighted by Crippen LogP contribution is 2.25. The topological polar surface area (TPSA) is 55.5 Å². The molecular weight excluding hydrogens is 172 g/mol. The zero-order chi connectivity index (χ0) is 9.59. The molecule has 1 aliphatic heterocycles. The Morgan fingerprint density at radius 3 is 3.00 bits per heavy atom. The maximum atomic E-state index is 13.0. The minimum absolute atomic E-state index is 0.0864. The molecule has 0 fully saturated rings. The van der Waals surface area contributed by atoms with Crippen LogP contribution in [0.2, 0.25) is 0 Å². The van der Waals surface area contributed by atoms with Crippen LogP contribution in [0.15, 0.2) is 12.1 Å². The molecule has 1 aromatic carbocycles. The molecule has 0 saturated heterocycles. The molecule has 3 N–H and O–H groups in total. The van der Waals surface area contributed by atoms with Crippen LogP contribution in [0, 0.1) is 5.82 Å². The van der Waals surface area contributed by atoms with Crippen LogP contribution >= 0.6 is 0 Å². The van der Waals surface area contributed by atoms with Gasteiger partial charge in [0, 0.05) is 0 Å². The maximum Gasteiger partial charge on any atom is 0.492 e. The average Bonchev–Trinajstić information content (AvgIpc) is 2.31. The lowest BCUT2D eigenvalue weighted by molar-refractivity contribution is 0.209. The monoisotopic (exact) mass is 181 g/mol. The maximum absolute atomic E-state index is 13.0. The lowest BCUT2D eigenvalue weighted by Gasteiger charge is -2.04. The minimum Gasteiger partial charge on any atom is -0.423 e. The standard InChI is InChI=1S/C8H9BFNO2/c1-4-5-2-8(11)7(10)3-6(5)9(12)13-4/h2-4,12H,11H2,1H3. The molecule has 1 unspecified atom stereocenters. The Balaban J connectivity index is 2.58. The van der Waals surface area contributed by atoms with Crippen molar-refractivity contribution < 1.29 is 14.1 Å². The number of nitrogen functional groups attached to an aromatic ring is 1. The van der Waals surface area contributed by atoms with Crippen molar-refractivity contribution in [3.8, 4) is 0 Å². The van der Waals surface area contributed by atoms with Gasteiger partial charge in [-0.25, -0.2) is 4.39 Å². The zero-order valence-electron chi connectivity index (χ0n) is 7.12. The smallest absolute Gasteiger partial charge is 0.423 e. The molecule has 0 aliphatic carbocycles. The summed E-state index contributed by atoms with van der Waals surface area (Å²) >= 11 is 0. The van der Waals surface area contributed by atoms with E-state index in [1.54, 1.807) is 6.92 Å². The van der Waals surface area contributed by atoms with E-state index in [0.717, 1.165) is 5.56 Å². The molecule has 1 aromatic rings. The minimum atomic E-state index is -1.03. The number of halogens is 1. The van der Waals surface area contributed by atoms with Crippen LogP contribution in [0.1, 0.15) is 18.6 Å². The lowest BCUT2D eigenvalue weighted by atomic mass is 9.79. The second-order valence-corrected chi connectivity index (χ2v) is 3.13. The van der Waals surface area contributed by atoms with Gasteiger partial charge in [0.1, 0.15) is 5.82 Å². The third-order valence-corrected chi connectivity index (χ3v) is 2.24. The number of rotatable bonds is 0. The first-order chi connectivity index (χ1) is 6.09. The van der Waals surface area contributed by atoms with E-state index in [-0.39, 0.29) is 11.8 Å². The van der Waals surface area contributed by atoms with Gasteiger partial charge in [-0.2, -0.15) is 0 Å². The highest BCUT2D eigenvalue weighted by atomic mass is 19.1. The summed E-state index contributed by atoms with van der Waals surface area (Å²) in [6.45, 7) is 1.78. The van der Waals surface area contributed by atoms with Crippen molar-refractivity contribution >= 4 is 18.3 Å². The molecule has 2 rings (SSSR count). The number of anilines is 1. The quantitative estimate of drug-likeness (QED) is 0.443. The lowest BCUT2D eigenvalue weighted by Crippen LogP contribution is -2.28. The predicted octanol–water partition coefficient (Wildman–Crippen LogP) is 0.187. The van der Waals surface area contributed by atoms with E-state index in [1.807, 2.05) is 0 Å². The largest absolute Gasteiger partial charge is 0.492 e. The molecule has 0 radical (unpaired) electrons. The summed E-state index contributed by atoms with van der Waals surface area (Å²) in [7, 11) is -1.03. The van der Waals surface area contributed by atoms with Crippen LogP contribution in [0.4, 0.5) is 10.1 Å². The molecule has 1 heterocycles. The number of fused-ring (bicyclic) bond motifs is 1. The Hall–Kier alpha value is -1.07. The van der Waals surface area contributed by atoms with Gasteiger partial charge in [-0.1, -0.05) is 0 Å². The van der Waals surface area contributed by atoms with E-state index in [4.69, 9.17) is 10.4 Å². The van der Waals surface area contributed by atoms with Crippen molar-refractivity contribution in [2.75, 3.05) is 5.73 Å². The SMILES string of the molecule is CC1OB(O)c2cc(F)c(N)cc21.